The molecule has 0 saturated carbocycles. The standard InChI is InChI=1S/C28H24GeN2O/c1-17-14-19(29(2,3)4)15-18-12-13-22-26(30-16-31-27(22)25(17)18)23-10-7-9-21-20-8-5-6-11-24(20)32-28(21)23/h5-16H,1-4H3. The fraction of sp³-hybridized carbons (Fsp3) is 0.143. The monoisotopic (exact) mass is 478 g/mol. The Bertz CT molecular complexity index is 1670. The molecule has 2 aromatic heterocycles. The van der Waals surface area contributed by atoms with E-state index in [1.807, 2.05) is 12.1 Å². The van der Waals surface area contributed by atoms with Crippen molar-refractivity contribution in [3.05, 3.63) is 78.6 Å². The first kappa shape index (κ1) is 19.5. The van der Waals surface area contributed by atoms with Gasteiger partial charge in [-0.3, -0.25) is 0 Å². The van der Waals surface area contributed by atoms with Gasteiger partial charge in [0, 0.05) is 0 Å². The van der Waals surface area contributed by atoms with Crippen molar-refractivity contribution in [1.82, 2.24) is 9.97 Å². The number of fused-ring (bicyclic) bond motifs is 6. The third kappa shape index (κ3) is 2.88. The summed E-state index contributed by atoms with van der Waals surface area (Å²) in [5, 5.41) is 5.78. The van der Waals surface area contributed by atoms with E-state index >= 15 is 0 Å². The second kappa shape index (κ2) is 6.91. The van der Waals surface area contributed by atoms with Crippen molar-refractivity contribution in [2.75, 3.05) is 0 Å². The summed E-state index contributed by atoms with van der Waals surface area (Å²) in [4.78, 5) is 9.47. The third-order valence-corrected chi connectivity index (χ3v) is 10.7. The van der Waals surface area contributed by atoms with E-state index in [-0.39, 0.29) is 0 Å². The molecule has 0 fully saturated rings. The van der Waals surface area contributed by atoms with Gasteiger partial charge in [-0.25, -0.2) is 0 Å². The van der Waals surface area contributed by atoms with Crippen molar-refractivity contribution in [2.45, 2.75) is 24.2 Å². The Hall–Kier alpha value is -3.18. The van der Waals surface area contributed by atoms with Gasteiger partial charge in [0.25, 0.3) is 0 Å². The van der Waals surface area contributed by atoms with Gasteiger partial charge in [-0.05, 0) is 0 Å². The van der Waals surface area contributed by atoms with Gasteiger partial charge in [0.05, 0.1) is 0 Å². The molecule has 0 amide bonds. The van der Waals surface area contributed by atoms with Crippen molar-refractivity contribution in [3.63, 3.8) is 0 Å². The second-order valence-electron chi connectivity index (χ2n) is 9.61. The van der Waals surface area contributed by atoms with Crippen LogP contribution in [0.5, 0.6) is 0 Å². The molecule has 0 aliphatic carbocycles. The number of furan rings is 1. The molecule has 0 saturated heterocycles. The summed E-state index contributed by atoms with van der Waals surface area (Å²) in [6.07, 6.45) is 1.69. The molecule has 3 nitrogen and oxygen atoms in total. The summed E-state index contributed by atoms with van der Waals surface area (Å²) in [5.41, 5.74) is 5.99. The van der Waals surface area contributed by atoms with Crippen molar-refractivity contribution >= 4 is 61.3 Å². The van der Waals surface area contributed by atoms with Gasteiger partial charge in [0.15, 0.2) is 0 Å². The maximum atomic E-state index is 6.30. The number of hydrogen-bond acceptors (Lipinski definition) is 3. The molecule has 156 valence electrons. The van der Waals surface area contributed by atoms with Crippen molar-refractivity contribution < 1.29 is 4.42 Å². The van der Waals surface area contributed by atoms with E-state index < -0.39 is 13.3 Å². The van der Waals surface area contributed by atoms with E-state index in [1.54, 1.807) is 6.33 Å². The van der Waals surface area contributed by atoms with Crippen LogP contribution in [0, 0.1) is 6.92 Å². The molecule has 0 atom stereocenters. The van der Waals surface area contributed by atoms with Crippen LogP contribution in [0.2, 0.25) is 17.3 Å². The number of hydrogen-bond donors (Lipinski definition) is 0. The summed E-state index contributed by atoms with van der Waals surface area (Å²) in [6, 6.07) is 23.6. The van der Waals surface area contributed by atoms with Gasteiger partial charge in [0.1, 0.15) is 0 Å². The van der Waals surface area contributed by atoms with Gasteiger partial charge in [0.2, 0.25) is 0 Å². The molecule has 2 heterocycles. The molecule has 0 N–H and O–H groups in total. The molecule has 0 unspecified atom stereocenters. The summed E-state index contributed by atoms with van der Waals surface area (Å²) in [6.45, 7) is 2.21. The fourth-order valence-electron chi connectivity index (χ4n) is 4.78. The van der Waals surface area contributed by atoms with E-state index in [0.717, 1.165) is 44.1 Å². The van der Waals surface area contributed by atoms with E-state index in [4.69, 9.17) is 14.4 Å². The fourth-order valence-corrected chi connectivity index (χ4v) is 7.37. The first-order valence-corrected chi connectivity index (χ1v) is 18.4. The molecule has 32 heavy (non-hydrogen) atoms. The molecule has 0 bridgehead atoms. The first-order chi connectivity index (χ1) is 15.4. The van der Waals surface area contributed by atoms with Crippen LogP contribution in [-0.2, 0) is 0 Å². The Balaban J connectivity index is 1.67. The molecule has 0 spiro atoms. The third-order valence-electron chi connectivity index (χ3n) is 6.44. The summed E-state index contributed by atoms with van der Waals surface area (Å²) < 4.78 is 7.82. The van der Waals surface area contributed by atoms with Gasteiger partial charge in [-0.2, -0.15) is 0 Å². The minimum atomic E-state index is -1.93. The molecule has 6 aromatic rings. The normalized spacial score (nSPS) is 12.4. The van der Waals surface area contributed by atoms with Crippen molar-refractivity contribution in [2.24, 2.45) is 0 Å². The molecule has 4 heteroatoms. The molecule has 0 radical (unpaired) electrons. The maximum absolute atomic E-state index is 6.30. The number of aromatic nitrogens is 2. The topological polar surface area (TPSA) is 38.9 Å². The van der Waals surface area contributed by atoms with Crippen LogP contribution >= 0.6 is 0 Å². The van der Waals surface area contributed by atoms with Crippen LogP contribution in [0.1, 0.15) is 5.56 Å². The Kier molecular flexibility index (Phi) is 4.21. The van der Waals surface area contributed by atoms with Crippen LogP contribution < -0.4 is 4.40 Å². The van der Waals surface area contributed by atoms with Crippen LogP contribution in [0.25, 0.3) is 54.9 Å². The Morgan fingerprint density at radius 2 is 1.59 bits per heavy atom. The Morgan fingerprint density at radius 1 is 0.781 bits per heavy atom. The molecule has 6 rings (SSSR count). The minimum absolute atomic E-state index is 0.877. The molecular formula is C28H24GeN2O. The number of para-hydroxylation sites is 2. The zero-order valence-corrected chi connectivity index (χ0v) is 20.8. The second-order valence-corrected chi connectivity index (χ2v) is 20.3. The number of benzene rings is 4. The summed E-state index contributed by atoms with van der Waals surface area (Å²) in [7, 11) is 0. The van der Waals surface area contributed by atoms with Crippen LogP contribution in [0.3, 0.4) is 0 Å². The van der Waals surface area contributed by atoms with Crippen molar-refractivity contribution in [1.29, 1.82) is 0 Å². The Morgan fingerprint density at radius 3 is 2.44 bits per heavy atom. The molecule has 0 aliphatic heterocycles. The van der Waals surface area contributed by atoms with E-state index in [2.05, 4.69) is 78.8 Å². The van der Waals surface area contributed by atoms with Gasteiger partial charge >= 0.3 is 178 Å². The van der Waals surface area contributed by atoms with Crippen molar-refractivity contribution in [3.8, 4) is 11.3 Å². The van der Waals surface area contributed by atoms with Crippen LogP contribution in [0.4, 0.5) is 0 Å². The Labute approximate surface area is 189 Å². The zero-order chi connectivity index (χ0) is 22.0. The predicted octanol–water partition coefficient (Wildman–Crippen LogP) is 7.20. The van der Waals surface area contributed by atoms with Gasteiger partial charge in [-0.1, -0.05) is 12.1 Å². The number of rotatable bonds is 2. The first-order valence-electron chi connectivity index (χ1n) is 11.0. The number of aryl methyl sites for hydroxylation is 1. The zero-order valence-electron chi connectivity index (χ0n) is 18.7. The molecule has 4 aromatic carbocycles. The van der Waals surface area contributed by atoms with E-state index in [1.165, 1.54) is 20.7 Å². The summed E-state index contributed by atoms with van der Waals surface area (Å²) in [5.74, 6) is 7.32. The van der Waals surface area contributed by atoms with E-state index in [0.29, 0.717) is 0 Å². The average Bonchev–Trinajstić information content (AvgIpc) is 3.16. The predicted molar refractivity (Wildman–Crippen MR) is 137 cm³/mol. The summed E-state index contributed by atoms with van der Waals surface area (Å²) >= 11 is -1.93. The molecular weight excluding hydrogens is 453 g/mol. The quantitative estimate of drug-likeness (QED) is 0.196. The average molecular weight is 477 g/mol. The SMILES string of the molecule is Cc1c[c]([Ge]([CH3])([CH3])[CH3])cc2ccc3c(-c4cccc5c4oc4ccccc45)ncnc3c12. The van der Waals surface area contributed by atoms with Crippen LogP contribution in [-0.4, -0.2) is 23.2 Å². The van der Waals surface area contributed by atoms with Crippen LogP contribution in [0.15, 0.2) is 77.5 Å². The molecule has 0 aliphatic rings. The van der Waals surface area contributed by atoms with Gasteiger partial charge in [-0.15, -0.1) is 0 Å². The van der Waals surface area contributed by atoms with E-state index in [9.17, 15) is 0 Å². The number of nitrogens with zero attached hydrogens (tertiary/aromatic N) is 2. The van der Waals surface area contributed by atoms with Gasteiger partial charge < -0.3 is 0 Å².